The second-order valence-corrected chi connectivity index (χ2v) is 14.8. The Kier molecular flexibility index (Phi) is 9.60. The third-order valence-corrected chi connectivity index (χ3v) is 8.08. The summed E-state index contributed by atoms with van der Waals surface area (Å²) in [7, 11) is 1.52. The molecule has 2 aromatic heterocycles. The number of fused-ring (bicyclic) bond motifs is 1. The van der Waals surface area contributed by atoms with Gasteiger partial charge in [-0.2, -0.15) is 9.78 Å². The van der Waals surface area contributed by atoms with Gasteiger partial charge in [0.1, 0.15) is 29.2 Å². The molecule has 3 heterocycles. The molecule has 48 heavy (non-hydrogen) atoms. The number of halogens is 1. The Morgan fingerprint density at radius 3 is 2.27 bits per heavy atom. The molecule has 1 aliphatic rings. The number of benzene rings is 2. The Bertz CT molecular complexity index is 1780. The first-order valence-corrected chi connectivity index (χ1v) is 16.1. The molecule has 0 bridgehead atoms. The molecule has 11 nitrogen and oxygen atoms in total. The van der Waals surface area contributed by atoms with E-state index >= 15 is 4.39 Å². The molecule has 1 aliphatic heterocycles. The lowest BCUT2D eigenvalue weighted by atomic mass is 9.70. The number of nitrogens with zero attached hydrogens (tertiary/aromatic N) is 4. The third kappa shape index (κ3) is 7.81. The largest absolute Gasteiger partial charge is 0.488 e. The van der Waals surface area contributed by atoms with Gasteiger partial charge in [0.25, 0.3) is 0 Å². The molecule has 12 heteroatoms. The number of hydrogen-bond donors (Lipinski definition) is 0. The van der Waals surface area contributed by atoms with E-state index in [0.717, 1.165) is 22.2 Å². The van der Waals surface area contributed by atoms with Crippen LogP contribution in [-0.2, 0) is 14.2 Å². The summed E-state index contributed by atoms with van der Waals surface area (Å²) in [5.74, 6) is -0.185. The van der Waals surface area contributed by atoms with Crippen LogP contribution < -0.4 is 4.74 Å². The summed E-state index contributed by atoms with van der Waals surface area (Å²) < 4.78 is 43.7. The van der Waals surface area contributed by atoms with Crippen LogP contribution in [-0.4, -0.2) is 76.6 Å². The predicted molar refractivity (Wildman–Crippen MR) is 179 cm³/mol. The Morgan fingerprint density at radius 1 is 0.979 bits per heavy atom. The molecule has 1 amide bonds. The summed E-state index contributed by atoms with van der Waals surface area (Å²) in [6.45, 7) is 16.8. The van der Waals surface area contributed by atoms with Gasteiger partial charge in [0.05, 0.1) is 12.1 Å². The van der Waals surface area contributed by atoms with Crippen molar-refractivity contribution >= 4 is 23.1 Å². The van der Waals surface area contributed by atoms with E-state index in [-0.39, 0.29) is 53.4 Å². The summed E-state index contributed by atoms with van der Waals surface area (Å²) in [5.41, 5.74) is 1.54. The van der Waals surface area contributed by atoms with Gasteiger partial charge in [0, 0.05) is 43.3 Å². The average Bonchev–Trinajstić information content (AvgIpc) is 3.60. The lowest BCUT2D eigenvalue weighted by molar-refractivity contribution is 0.00477. The van der Waals surface area contributed by atoms with Gasteiger partial charge in [-0.1, -0.05) is 43.3 Å². The number of carbonyl (C=O) groups excluding carboxylic acids is 2. The molecule has 0 saturated carbocycles. The molecule has 1 unspecified atom stereocenters. The second kappa shape index (κ2) is 13.2. The van der Waals surface area contributed by atoms with E-state index < -0.39 is 23.1 Å². The van der Waals surface area contributed by atoms with E-state index in [0.29, 0.717) is 24.2 Å². The van der Waals surface area contributed by atoms with Gasteiger partial charge in [-0.15, -0.1) is 0 Å². The van der Waals surface area contributed by atoms with Crippen LogP contribution in [0.4, 0.5) is 14.0 Å². The van der Waals surface area contributed by atoms with Gasteiger partial charge in [-0.25, -0.2) is 14.0 Å². The smallest absolute Gasteiger partial charge is 0.435 e. The van der Waals surface area contributed by atoms with Crippen LogP contribution >= 0.6 is 0 Å². The zero-order valence-electron chi connectivity index (χ0n) is 29.2. The van der Waals surface area contributed by atoms with Crippen molar-refractivity contribution in [3.05, 3.63) is 53.8 Å². The summed E-state index contributed by atoms with van der Waals surface area (Å²) >= 11 is 0. The lowest BCUT2D eigenvalue weighted by Crippen LogP contribution is -2.48. The van der Waals surface area contributed by atoms with Crippen molar-refractivity contribution < 1.29 is 37.5 Å². The average molecular weight is 665 g/mol. The molecule has 4 aromatic rings. The number of aromatic nitrogens is 3. The highest BCUT2D eigenvalue weighted by Gasteiger charge is 2.39. The maximum Gasteiger partial charge on any atom is 0.435 e. The normalized spacial score (nSPS) is 16.6. The monoisotopic (exact) mass is 664 g/mol. The van der Waals surface area contributed by atoms with E-state index in [1.807, 2.05) is 32.9 Å². The van der Waals surface area contributed by atoms with Crippen LogP contribution in [0.25, 0.3) is 33.6 Å². The summed E-state index contributed by atoms with van der Waals surface area (Å²) in [6, 6.07) is 12.5. The number of ether oxygens (including phenoxy) is 4. The van der Waals surface area contributed by atoms with Gasteiger partial charge >= 0.3 is 12.2 Å². The van der Waals surface area contributed by atoms with Crippen molar-refractivity contribution in [2.24, 2.45) is 5.41 Å². The topological polar surface area (TPSA) is 118 Å². The standard InChI is InChI=1S/C36H45FN4O7/c1-34(2,3)46-32(42)40-15-14-25(36(7,8)21-40)22-10-12-23(13-11-22)27-19-30(48-39-27)31-24-18-26(37)29(45-17-16-44-9)20-28(24)41(38-31)33(43)47-35(4,5)6/h10-13,18-20,25H,14-17,21H2,1-9H3. The van der Waals surface area contributed by atoms with E-state index in [9.17, 15) is 9.59 Å². The fourth-order valence-electron chi connectivity index (χ4n) is 5.95. The van der Waals surface area contributed by atoms with Crippen molar-refractivity contribution in [1.82, 2.24) is 19.8 Å². The van der Waals surface area contributed by atoms with Gasteiger partial charge in [-0.3, -0.25) is 0 Å². The highest BCUT2D eigenvalue weighted by Crippen LogP contribution is 2.43. The number of rotatable bonds is 7. The highest BCUT2D eigenvalue weighted by molar-refractivity contribution is 5.97. The van der Waals surface area contributed by atoms with Gasteiger partial charge in [0.15, 0.2) is 17.3 Å². The van der Waals surface area contributed by atoms with Crippen LogP contribution in [0.2, 0.25) is 0 Å². The van der Waals surface area contributed by atoms with E-state index in [4.69, 9.17) is 23.5 Å². The Hall–Kier alpha value is -4.45. The summed E-state index contributed by atoms with van der Waals surface area (Å²) in [5, 5.41) is 9.08. The third-order valence-electron chi connectivity index (χ3n) is 8.08. The molecule has 0 radical (unpaired) electrons. The van der Waals surface area contributed by atoms with Crippen molar-refractivity contribution in [2.45, 2.75) is 78.9 Å². The molecule has 1 saturated heterocycles. The molecule has 2 aromatic carbocycles. The maximum atomic E-state index is 15.2. The lowest BCUT2D eigenvalue weighted by Gasteiger charge is -2.44. The van der Waals surface area contributed by atoms with Crippen molar-refractivity contribution in [3.63, 3.8) is 0 Å². The molecule has 0 spiro atoms. The first kappa shape index (κ1) is 34.9. The molecule has 258 valence electrons. The summed E-state index contributed by atoms with van der Waals surface area (Å²) in [4.78, 5) is 27.7. The Labute approximate surface area is 280 Å². The zero-order chi connectivity index (χ0) is 35.0. The zero-order valence-corrected chi connectivity index (χ0v) is 29.2. The minimum absolute atomic E-state index is 0.0483. The van der Waals surface area contributed by atoms with Gasteiger partial charge in [0.2, 0.25) is 0 Å². The number of amides is 1. The van der Waals surface area contributed by atoms with Crippen LogP contribution in [0.1, 0.15) is 73.3 Å². The van der Waals surface area contributed by atoms with E-state index in [1.165, 1.54) is 19.2 Å². The molecule has 1 fully saturated rings. The number of methoxy groups -OCH3 is 1. The van der Waals surface area contributed by atoms with Crippen LogP contribution in [0, 0.1) is 11.2 Å². The minimum atomic E-state index is -0.788. The highest BCUT2D eigenvalue weighted by atomic mass is 19.1. The second-order valence-electron chi connectivity index (χ2n) is 14.8. The minimum Gasteiger partial charge on any atom is -0.488 e. The first-order valence-electron chi connectivity index (χ1n) is 16.1. The van der Waals surface area contributed by atoms with Gasteiger partial charge in [-0.05, 0) is 70.9 Å². The summed E-state index contributed by atoms with van der Waals surface area (Å²) in [6.07, 6.45) is -0.208. The fraction of sp³-hybridized carbons (Fsp3) is 0.500. The van der Waals surface area contributed by atoms with Crippen LogP contribution in [0.15, 0.2) is 47.0 Å². The van der Waals surface area contributed by atoms with Gasteiger partial charge < -0.3 is 28.4 Å². The number of hydrogen-bond acceptors (Lipinski definition) is 9. The van der Waals surface area contributed by atoms with Crippen molar-refractivity contribution in [1.29, 1.82) is 0 Å². The number of carbonyl (C=O) groups is 2. The van der Waals surface area contributed by atoms with Crippen molar-refractivity contribution in [2.75, 3.05) is 33.4 Å². The quantitative estimate of drug-likeness (QED) is 0.181. The maximum absolute atomic E-state index is 15.2. The molecule has 0 aliphatic carbocycles. The van der Waals surface area contributed by atoms with E-state index in [1.54, 1.807) is 31.7 Å². The molecular formula is C36H45FN4O7. The van der Waals surface area contributed by atoms with E-state index in [2.05, 4.69) is 36.2 Å². The first-order chi connectivity index (χ1) is 22.5. The number of likely N-dealkylation sites (tertiary alicyclic amines) is 1. The van der Waals surface area contributed by atoms with Crippen molar-refractivity contribution in [3.8, 4) is 28.5 Å². The molecule has 1 atom stereocenters. The molecule has 5 rings (SSSR count). The Morgan fingerprint density at radius 2 is 1.65 bits per heavy atom. The molecule has 0 N–H and O–H groups in total. The van der Waals surface area contributed by atoms with Crippen LogP contribution in [0.5, 0.6) is 5.75 Å². The Balaban J connectivity index is 1.40. The van der Waals surface area contributed by atoms with Crippen LogP contribution in [0.3, 0.4) is 0 Å². The SMILES string of the molecule is COCCOc1cc2c(cc1F)c(-c1cc(-c3ccc(C4CCN(C(=O)OC(C)(C)C)CC4(C)C)cc3)no1)nn2C(=O)OC(C)(C)C. The molecular weight excluding hydrogens is 619 g/mol. The predicted octanol–water partition coefficient (Wildman–Crippen LogP) is 8.06. The number of piperidine rings is 1. The fourth-order valence-corrected chi connectivity index (χ4v) is 5.95.